The Labute approximate surface area is 177 Å². The summed E-state index contributed by atoms with van der Waals surface area (Å²) in [6.07, 6.45) is -0.866. The van der Waals surface area contributed by atoms with Crippen LogP contribution in [0.4, 0.5) is 9.80 Å². The molecule has 0 aliphatic heterocycles. The van der Waals surface area contributed by atoms with Gasteiger partial charge in [-0.3, -0.25) is 14.9 Å². The minimum Gasteiger partial charge on any atom is -0.457 e. The number of alkyl carbamates (subject to hydrolysis) is 1. The number of ether oxygens (including phenoxy) is 2. The molecule has 0 aliphatic carbocycles. The van der Waals surface area contributed by atoms with E-state index in [1.165, 1.54) is 18.4 Å². The predicted molar refractivity (Wildman–Crippen MR) is 115 cm³/mol. The number of aryl methyl sites for hydroxylation is 1. The number of methoxy groups -OCH3 is 1. The lowest BCUT2D eigenvalue weighted by atomic mass is 10.1. The molecule has 0 saturated heterocycles. The summed E-state index contributed by atoms with van der Waals surface area (Å²) in [6.45, 7) is 3.59. The molecule has 8 heteroatoms. The normalized spacial score (nSPS) is 10.2. The van der Waals surface area contributed by atoms with Crippen LogP contribution in [0.25, 0.3) is 0 Å². The Morgan fingerprint density at radius 2 is 1.50 bits per heavy atom. The highest BCUT2D eigenvalue weighted by molar-refractivity contribution is 7.16. The highest BCUT2D eigenvalue weighted by Gasteiger charge is 2.23. The Hall–Kier alpha value is -3.65. The minimum atomic E-state index is -0.866. The van der Waals surface area contributed by atoms with Gasteiger partial charge in [0.1, 0.15) is 16.5 Å². The van der Waals surface area contributed by atoms with E-state index >= 15 is 0 Å². The molecular formula is C22H20N2O5S. The van der Waals surface area contributed by atoms with Crippen molar-refractivity contribution in [3.63, 3.8) is 0 Å². The molecule has 30 heavy (non-hydrogen) atoms. The summed E-state index contributed by atoms with van der Waals surface area (Å²) in [4.78, 5) is 37.4. The quantitative estimate of drug-likeness (QED) is 0.607. The maximum absolute atomic E-state index is 12.7. The summed E-state index contributed by atoms with van der Waals surface area (Å²) < 4.78 is 10.2. The fraction of sp³-hybridized carbons (Fsp3) is 0.136. The number of benzene rings is 2. The average Bonchev–Trinajstić information content (AvgIpc) is 3.02. The van der Waals surface area contributed by atoms with E-state index in [1.807, 2.05) is 37.3 Å². The monoisotopic (exact) mass is 424 g/mol. The van der Waals surface area contributed by atoms with Gasteiger partial charge in [-0.2, -0.15) is 0 Å². The van der Waals surface area contributed by atoms with Gasteiger partial charge in [-0.1, -0.05) is 18.2 Å². The molecule has 2 N–H and O–H groups in total. The lowest BCUT2D eigenvalue weighted by Gasteiger charge is -2.09. The molecule has 1 heterocycles. The van der Waals surface area contributed by atoms with Crippen LogP contribution >= 0.6 is 11.3 Å². The predicted octanol–water partition coefficient (Wildman–Crippen LogP) is 4.91. The third-order valence-corrected chi connectivity index (χ3v) is 5.46. The molecule has 3 amide bonds. The van der Waals surface area contributed by atoms with Crippen molar-refractivity contribution in [3.8, 4) is 11.5 Å². The number of hydrogen-bond donors (Lipinski definition) is 2. The molecule has 1 aromatic heterocycles. The number of anilines is 1. The van der Waals surface area contributed by atoms with Crippen molar-refractivity contribution in [2.45, 2.75) is 13.8 Å². The van der Waals surface area contributed by atoms with Gasteiger partial charge in [0.05, 0.1) is 12.7 Å². The van der Waals surface area contributed by atoms with E-state index in [0.717, 1.165) is 4.88 Å². The first-order chi connectivity index (χ1) is 14.4. The van der Waals surface area contributed by atoms with Gasteiger partial charge in [0.15, 0.2) is 0 Å². The smallest absolute Gasteiger partial charge is 0.413 e. The molecule has 0 saturated carbocycles. The topological polar surface area (TPSA) is 93.7 Å². The molecule has 3 aromatic rings. The Balaban J connectivity index is 1.75. The van der Waals surface area contributed by atoms with Gasteiger partial charge in [-0.25, -0.2) is 4.79 Å². The second-order valence-corrected chi connectivity index (χ2v) is 7.55. The number of hydrogen-bond acceptors (Lipinski definition) is 6. The Morgan fingerprint density at radius 1 is 0.867 bits per heavy atom. The number of imide groups is 1. The minimum absolute atomic E-state index is 0.236. The van der Waals surface area contributed by atoms with Gasteiger partial charge in [0.2, 0.25) is 0 Å². The van der Waals surface area contributed by atoms with Gasteiger partial charge in [0, 0.05) is 10.4 Å². The van der Waals surface area contributed by atoms with Crippen LogP contribution < -0.4 is 15.4 Å². The van der Waals surface area contributed by atoms with Gasteiger partial charge in [-0.05, 0) is 55.8 Å². The number of para-hydroxylation sites is 1. The van der Waals surface area contributed by atoms with Gasteiger partial charge < -0.3 is 14.8 Å². The van der Waals surface area contributed by atoms with Crippen LogP contribution in [0.2, 0.25) is 0 Å². The van der Waals surface area contributed by atoms with Crippen LogP contribution in [-0.4, -0.2) is 25.0 Å². The van der Waals surface area contributed by atoms with E-state index in [4.69, 9.17) is 4.74 Å². The van der Waals surface area contributed by atoms with Crippen molar-refractivity contribution in [1.29, 1.82) is 0 Å². The molecular weight excluding hydrogens is 404 g/mol. The van der Waals surface area contributed by atoms with Gasteiger partial charge in [0.25, 0.3) is 11.8 Å². The number of rotatable bonds is 5. The Morgan fingerprint density at radius 3 is 2.13 bits per heavy atom. The molecule has 0 radical (unpaired) electrons. The lowest BCUT2D eigenvalue weighted by Crippen LogP contribution is -2.31. The third kappa shape index (κ3) is 4.84. The van der Waals surface area contributed by atoms with Crippen molar-refractivity contribution >= 4 is 34.2 Å². The first kappa shape index (κ1) is 21.1. The van der Waals surface area contributed by atoms with E-state index in [0.29, 0.717) is 27.6 Å². The van der Waals surface area contributed by atoms with E-state index in [-0.39, 0.29) is 11.5 Å². The molecule has 2 aromatic carbocycles. The maximum Gasteiger partial charge on any atom is 0.413 e. The standard InChI is InChI=1S/C22H20N2O5S/c1-13-14(2)30-21(18(13)20(26)24-22(27)28-3)23-19(25)15-9-11-17(12-10-15)29-16-7-5-4-6-8-16/h4-12H,1-3H3,(H,23,25)(H,24,26,27). The summed E-state index contributed by atoms with van der Waals surface area (Å²) in [5, 5.41) is 5.24. The Kier molecular flexibility index (Phi) is 6.48. The molecule has 7 nitrogen and oxygen atoms in total. The summed E-state index contributed by atoms with van der Waals surface area (Å²) in [7, 11) is 1.17. The molecule has 0 bridgehead atoms. The van der Waals surface area contributed by atoms with Crippen LogP contribution in [-0.2, 0) is 4.74 Å². The second kappa shape index (κ2) is 9.23. The van der Waals surface area contributed by atoms with E-state index in [1.54, 1.807) is 31.2 Å². The number of amides is 3. The van der Waals surface area contributed by atoms with E-state index in [2.05, 4.69) is 15.4 Å². The molecule has 0 aliphatic rings. The van der Waals surface area contributed by atoms with Crippen LogP contribution in [0, 0.1) is 13.8 Å². The van der Waals surface area contributed by atoms with Crippen LogP contribution in [0.15, 0.2) is 54.6 Å². The lowest BCUT2D eigenvalue weighted by molar-refractivity contribution is 0.0937. The fourth-order valence-electron chi connectivity index (χ4n) is 2.67. The summed E-state index contributed by atoms with van der Waals surface area (Å²) in [6, 6.07) is 16.0. The van der Waals surface area contributed by atoms with E-state index in [9.17, 15) is 14.4 Å². The van der Waals surface area contributed by atoms with Crippen molar-refractivity contribution in [2.24, 2.45) is 0 Å². The number of carbonyl (C=O) groups excluding carboxylic acids is 3. The number of carbonyl (C=O) groups is 3. The van der Waals surface area contributed by atoms with Crippen LogP contribution in [0.3, 0.4) is 0 Å². The molecule has 0 spiro atoms. The average molecular weight is 424 g/mol. The third-order valence-electron chi connectivity index (χ3n) is 4.34. The van der Waals surface area contributed by atoms with Crippen LogP contribution in [0.5, 0.6) is 11.5 Å². The molecule has 154 valence electrons. The SMILES string of the molecule is COC(=O)NC(=O)c1c(NC(=O)c2ccc(Oc3ccccc3)cc2)sc(C)c1C. The zero-order chi connectivity index (χ0) is 21.7. The number of thiophene rings is 1. The molecule has 0 fully saturated rings. The van der Waals surface area contributed by atoms with Gasteiger partial charge in [-0.15, -0.1) is 11.3 Å². The summed E-state index contributed by atoms with van der Waals surface area (Å²) >= 11 is 1.26. The second-order valence-electron chi connectivity index (χ2n) is 6.33. The Bertz CT molecular complexity index is 1070. The highest BCUT2D eigenvalue weighted by Crippen LogP contribution is 2.33. The van der Waals surface area contributed by atoms with Crippen molar-refractivity contribution in [1.82, 2.24) is 5.32 Å². The summed E-state index contributed by atoms with van der Waals surface area (Å²) in [5.74, 6) is 0.277. The zero-order valence-electron chi connectivity index (χ0n) is 16.6. The van der Waals surface area contributed by atoms with Crippen molar-refractivity contribution in [3.05, 3.63) is 76.2 Å². The largest absolute Gasteiger partial charge is 0.457 e. The van der Waals surface area contributed by atoms with Crippen molar-refractivity contribution < 1.29 is 23.9 Å². The fourth-order valence-corrected chi connectivity index (χ4v) is 3.72. The summed E-state index contributed by atoms with van der Waals surface area (Å²) in [5.41, 5.74) is 1.32. The van der Waals surface area contributed by atoms with Crippen LogP contribution in [0.1, 0.15) is 31.2 Å². The van der Waals surface area contributed by atoms with Crippen molar-refractivity contribution in [2.75, 3.05) is 12.4 Å². The zero-order valence-corrected chi connectivity index (χ0v) is 17.5. The molecule has 3 rings (SSSR count). The molecule has 0 atom stereocenters. The maximum atomic E-state index is 12.7. The van der Waals surface area contributed by atoms with Gasteiger partial charge >= 0.3 is 6.09 Å². The highest BCUT2D eigenvalue weighted by atomic mass is 32.1. The molecule has 0 unspecified atom stereocenters. The number of nitrogens with one attached hydrogen (secondary N) is 2. The first-order valence-electron chi connectivity index (χ1n) is 9.02. The van der Waals surface area contributed by atoms with E-state index < -0.39 is 12.0 Å². The first-order valence-corrected chi connectivity index (χ1v) is 9.84.